The summed E-state index contributed by atoms with van der Waals surface area (Å²) in [5, 5.41) is 13.5. The minimum atomic E-state index is -0.759. The molecule has 0 spiro atoms. The van der Waals surface area contributed by atoms with Gasteiger partial charge in [0.25, 0.3) is 11.8 Å². The first-order valence-electron chi connectivity index (χ1n) is 10.9. The maximum absolute atomic E-state index is 14.9. The molecule has 3 N–H and O–H groups in total. The standard InChI is InChI=1S/C25H22FI2N5O3/c1-36-20-9-15(12-28)8-18(25(35)31-21-5-2-14(11-27)13-30-21)22(20)32-24(34)17-4-3-16(10-19(17)26)23(29)33-6-7-33/h2-5,8-10,13,29H,6-7,11-12H2,1H3,(H,32,34)(H,30,31,35). The van der Waals surface area contributed by atoms with Gasteiger partial charge in [-0.3, -0.25) is 15.0 Å². The predicted octanol–water partition coefficient (Wildman–Crippen LogP) is 5.24. The molecule has 2 amide bonds. The highest BCUT2D eigenvalue weighted by molar-refractivity contribution is 14.1. The normalized spacial score (nSPS) is 12.2. The smallest absolute Gasteiger partial charge is 0.259 e. The van der Waals surface area contributed by atoms with E-state index in [0.717, 1.165) is 28.6 Å². The number of nitrogens with one attached hydrogen (secondary N) is 3. The molecule has 0 radical (unpaired) electrons. The molecule has 0 aliphatic carbocycles. The highest BCUT2D eigenvalue weighted by Crippen LogP contribution is 2.33. The Kier molecular flexibility index (Phi) is 8.39. The van der Waals surface area contributed by atoms with Gasteiger partial charge in [-0.15, -0.1) is 0 Å². The van der Waals surface area contributed by atoms with E-state index >= 15 is 0 Å². The number of ether oxygens (including phenoxy) is 1. The number of nitrogens with zero attached hydrogens (tertiary/aromatic N) is 2. The van der Waals surface area contributed by atoms with Crippen molar-refractivity contribution in [3.05, 3.63) is 82.3 Å². The molecule has 186 valence electrons. The summed E-state index contributed by atoms with van der Waals surface area (Å²) >= 11 is 4.39. The summed E-state index contributed by atoms with van der Waals surface area (Å²) in [6.45, 7) is 1.52. The van der Waals surface area contributed by atoms with E-state index in [1.807, 2.05) is 6.07 Å². The van der Waals surface area contributed by atoms with Crippen LogP contribution in [0.15, 0.2) is 48.7 Å². The molecule has 2 aromatic carbocycles. The Morgan fingerprint density at radius 3 is 2.33 bits per heavy atom. The lowest BCUT2D eigenvalue weighted by Crippen LogP contribution is -2.21. The third kappa shape index (κ3) is 5.94. The van der Waals surface area contributed by atoms with Crippen molar-refractivity contribution in [2.75, 3.05) is 30.8 Å². The first-order valence-corrected chi connectivity index (χ1v) is 13.9. The second-order valence-corrected chi connectivity index (χ2v) is 9.50. The Morgan fingerprint density at radius 2 is 1.75 bits per heavy atom. The molecular formula is C25H22FI2N5O3. The number of pyridine rings is 1. The third-order valence-corrected chi connectivity index (χ3v) is 7.25. The number of amides is 2. The van der Waals surface area contributed by atoms with Crippen molar-refractivity contribution in [1.82, 2.24) is 9.88 Å². The fourth-order valence-electron chi connectivity index (χ4n) is 3.46. The molecule has 1 fully saturated rings. The Hall–Kier alpha value is -2.81. The van der Waals surface area contributed by atoms with Crippen molar-refractivity contribution in [3.63, 3.8) is 0 Å². The van der Waals surface area contributed by atoms with Gasteiger partial charge in [-0.2, -0.15) is 0 Å². The van der Waals surface area contributed by atoms with E-state index in [9.17, 15) is 14.0 Å². The zero-order chi connectivity index (χ0) is 25.8. The molecule has 36 heavy (non-hydrogen) atoms. The van der Waals surface area contributed by atoms with Gasteiger partial charge in [-0.25, -0.2) is 9.37 Å². The van der Waals surface area contributed by atoms with E-state index in [0.29, 0.717) is 15.8 Å². The molecule has 1 saturated heterocycles. The summed E-state index contributed by atoms with van der Waals surface area (Å²) < 4.78 is 21.7. The summed E-state index contributed by atoms with van der Waals surface area (Å²) in [7, 11) is 1.43. The van der Waals surface area contributed by atoms with Gasteiger partial charge in [0.15, 0.2) is 0 Å². The van der Waals surface area contributed by atoms with Gasteiger partial charge < -0.3 is 20.3 Å². The number of carbonyl (C=O) groups excluding carboxylic acids is 2. The van der Waals surface area contributed by atoms with Crippen LogP contribution in [-0.4, -0.2) is 47.7 Å². The maximum Gasteiger partial charge on any atom is 0.259 e. The number of aromatic nitrogens is 1. The van der Waals surface area contributed by atoms with Crippen molar-refractivity contribution in [1.29, 1.82) is 5.41 Å². The van der Waals surface area contributed by atoms with Crippen LogP contribution in [0, 0.1) is 11.2 Å². The molecule has 1 aliphatic rings. The van der Waals surface area contributed by atoms with E-state index in [2.05, 4.69) is 60.8 Å². The fraction of sp³-hybridized carbons (Fsp3) is 0.200. The summed E-state index contributed by atoms with van der Waals surface area (Å²) in [5.41, 5.74) is 2.30. The van der Waals surface area contributed by atoms with Crippen LogP contribution in [0.5, 0.6) is 5.75 Å². The average molecular weight is 713 g/mol. The number of hydrogen-bond acceptors (Lipinski definition) is 5. The third-order valence-electron chi connectivity index (χ3n) is 5.49. The monoisotopic (exact) mass is 713 g/mol. The number of halogens is 3. The van der Waals surface area contributed by atoms with Crippen LogP contribution in [0.25, 0.3) is 0 Å². The zero-order valence-corrected chi connectivity index (χ0v) is 23.5. The van der Waals surface area contributed by atoms with Crippen LogP contribution in [0.3, 0.4) is 0 Å². The predicted molar refractivity (Wildman–Crippen MR) is 153 cm³/mol. The minimum Gasteiger partial charge on any atom is -0.495 e. The maximum atomic E-state index is 14.9. The van der Waals surface area contributed by atoms with E-state index in [1.165, 1.54) is 25.3 Å². The van der Waals surface area contributed by atoms with Crippen LogP contribution in [0.4, 0.5) is 15.9 Å². The summed E-state index contributed by atoms with van der Waals surface area (Å²) in [6.07, 6.45) is 1.68. The van der Waals surface area contributed by atoms with Crippen LogP contribution < -0.4 is 15.4 Å². The Bertz CT molecular complexity index is 1330. The Balaban J connectivity index is 1.64. The van der Waals surface area contributed by atoms with Crippen LogP contribution in [0.1, 0.15) is 37.4 Å². The molecule has 1 aromatic heterocycles. The number of rotatable bonds is 8. The van der Waals surface area contributed by atoms with Crippen molar-refractivity contribution in [3.8, 4) is 5.75 Å². The lowest BCUT2D eigenvalue weighted by atomic mass is 10.1. The lowest BCUT2D eigenvalue weighted by molar-refractivity contribution is 0.102. The second-order valence-electron chi connectivity index (χ2n) is 7.98. The number of benzene rings is 2. The fourth-order valence-corrected chi connectivity index (χ4v) is 4.36. The molecule has 8 nitrogen and oxygen atoms in total. The Labute approximate surface area is 234 Å². The van der Waals surface area contributed by atoms with Crippen molar-refractivity contribution >= 4 is 74.3 Å². The molecule has 11 heteroatoms. The van der Waals surface area contributed by atoms with Gasteiger partial charge in [-0.1, -0.05) is 57.3 Å². The topological polar surface area (TPSA) is 107 Å². The largest absolute Gasteiger partial charge is 0.495 e. The number of alkyl halides is 2. The number of amidine groups is 1. The van der Waals surface area contributed by atoms with Crippen LogP contribution in [0.2, 0.25) is 0 Å². The van der Waals surface area contributed by atoms with E-state index < -0.39 is 17.6 Å². The number of hydrogen-bond donors (Lipinski definition) is 3. The summed E-state index contributed by atoms with van der Waals surface area (Å²) in [5.74, 6) is -1.14. The van der Waals surface area contributed by atoms with Gasteiger partial charge in [0.1, 0.15) is 23.2 Å². The van der Waals surface area contributed by atoms with Gasteiger partial charge in [0, 0.05) is 33.7 Å². The van der Waals surface area contributed by atoms with E-state index in [1.54, 1.807) is 29.3 Å². The highest BCUT2D eigenvalue weighted by Gasteiger charge is 2.25. The first kappa shape index (κ1) is 26.3. The number of anilines is 2. The van der Waals surface area contributed by atoms with Gasteiger partial charge in [0.05, 0.1) is 23.9 Å². The van der Waals surface area contributed by atoms with Crippen LogP contribution >= 0.6 is 45.2 Å². The first-order chi connectivity index (χ1) is 17.3. The highest BCUT2D eigenvalue weighted by atomic mass is 127. The van der Waals surface area contributed by atoms with Gasteiger partial charge in [0.2, 0.25) is 0 Å². The average Bonchev–Trinajstić information content (AvgIpc) is 3.74. The quantitative estimate of drug-likeness (QED) is 0.0974. The zero-order valence-electron chi connectivity index (χ0n) is 19.2. The van der Waals surface area contributed by atoms with Crippen LogP contribution in [-0.2, 0) is 8.86 Å². The second kappa shape index (κ2) is 11.5. The van der Waals surface area contributed by atoms with E-state index in [4.69, 9.17) is 10.1 Å². The van der Waals surface area contributed by atoms with Crippen molar-refractivity contribution in [2.24, 2.45) is 0 Å². The van der Waals surface area contributed by atoms with Gasteiger partial charge >= 0.3 is 0 Å². The van der Waals surface area contributed by atoms with E-state index in [-0.39, 0.29) is 28.4 Å². The molecule has 0 unspecified atom stereocenters. The lowest BCUT2D eigenvalue weighted by Gasteiger charge is -2.17. The molecule has 0 bridgehead atoms. The summed E-state index contributed by atoms with van der Waals surface area (Å²) in [4.78, 5) is 32.4. The van der Waals surface area contributed by atoms with Crippen molar-refractivity contribution in [2.45, 2.75) is 8.86 Å². The van der Waals surface area contributed by atoms with Gasteiger partial charge in [-0.05, 0) is 41.5 Å². The Morgan fingerprint density at radius 1 is 1.03 bits per heavy atom. The number of carbonyl (C=O) groups is 2. The number of methoxy groups -OCH3 is 1. The molecule has 2 heterocycles. The molecule has 4 rings (SSSR count). The summed E-state index contributed by atoms with van der Waals surface area (Å²) in [6, 6.07) is 11.0. The van der Waals surface area contributed by atoms with Crippen molar-refractivity contribution < 1.29 is 18.7 Å². The molecule has 0 atom stereocenters. The molecular weight excluding hydrogens is 691 g/mol. The minimum absolute atomic E-state index is 0.123. The SMILES string of the molecule is COc1cc(CI)cc(C(=O)Nc2ccc(CI)cn2)c1NC(=O)c1ccc(C(=N)N2CC2)cc1F. The molecule has 1 aliphatic heterocycles. The molecule has 0 saturated carbocycles. The molecule has 3 aromatic rings.